The maximum Gasteiger partial charge on any atom is 0.260 e. The summed E-state index contributed by atoms with van der Waals surface area (Å²) in [6, 6.07) is 20.0. The molecule has 4 nitrogen and oxygen atoms in total. The Morgan fingerprint density at radius 1 is 1.00 bits per heavy atom. The molecule has 3 aromatic carbocycles. The average Bonchev–Trinajstić information content (AvgIpc) is 3.16. The summed E-state index contributed by atoms with van der Waals surface area (Å²) in [7, 11) is 0. The van der Waals surface area contributed by atoms with E-state index in [1.165, 1.54) is 29.5 Å². The molecule has 7 heteroatoms. The Morgan fingerprint density at radius 3 is 2.57 bits per heavy atom. The van der Waals surface area contributed by atoms with Crippen molar-refractivity contribution < 1.29 is 9.18 Å². The highest BCUT2D eigenvalue weighted by Crippen LogP contribution is 2.27. The molecule has 0 fully saturated rings. The summed E-state index contributed by atoms with van der Waals surface area (Å²) in [6.07, 6.45) is 0. The molecular formula is C21H14FN3OS2. The minimum Gasteiger partial charge on any atom is -0.308 e. The number of fused-ring (bicyclic) bond motifs is 1. The molecule has 0 aliphatic carbocycles. The number of nitrogens with zero attached hydrogens (tertiary/aromatic N) is 1. The van der Waals surface area contributed by atoms with Gasteiger partial charge in [0.15, 0.2) is 10.2 Å². The first-order chi connectivity index (χ1) is 13.6. The fourth-order valence-corrected chi connectivity index (χ4v) is 3.73. The van der Waals surface area contributed by atoms with Gasteiger partial charge in [-0.2, -0.15) is 0 Å². The van der Waals surface area contributed by atoms with Crippen molar-refractivity contribution in [2.24, 2.45) is 0 Å². The molecule has 0 saturated carbocycles. The lowest BCUT2D eigenvalue weighted by Gasteiger charge is -2.07. The number of nitrogens with one attached hydrogen (secondary N) is 2. The van der Waals surface area contributed by atoms with E-state index in [1.54, 1.807) is 6.07 Å². The number of thiazole rings is 1. The number of hydrogen-bond acceptors (Lipinski definition) is 4. The smallest absolute Gasteiger partial charge is 0.260 e. The highest BCUT2D eigenvalue weighted by Gasteiger charge is 2.13. The Balaban J connectivity index is 1.46. The monoisotopic (exact) mass is 407 g/mol. The Labute approximate surface area is 170 Å². The summed E-state index contributed by atoms with van der Waals surface area (Å²) < 4.78 is 13.7. The van der Waals surface area contributed by atoms with Gasteiger partial charge >= 0.3 is 0 Å². The second-order valence-corrected chi connectivity index (χ2v) is 7.25. The van der Waals surface area contributed by atoms with Crippen molar-refractivity contribution in [1.29, 1.82) is 0 Å². The minimum absolute atomic E-state index is 0.0627. The topological polar surface area (TPSA) is 54.0 Å². The number of amides is 1. The molecule has 0 unspecified atom stereocenters. The van der Waals surface area contributed by atoms with Crippen LogP contribution in [0, 0.1) is 5.82 Å². The van der Waals surface area contributed by atoms with Gasteiger partial charge in [0.1, 0.15) is 5.82 Å². The second-order valence-electron chi connectivity index (χ2n) is 5.99. The Morgan fingerprint density at radius 2 is 1.75 bits per heavy atom. The van der Waals surface area contributed by atoms with Crippen LogP contribution in [-0.4, -0.2) is 16.0 Å². The first-order valence-corrected chi connectivity index (χ1v) is 9.70. The minimum atomic E-state index is -0.609. The molecule has 28 heavy (non-hydrogen) atoms. The summed E-state index contributed by atoms with van der Waals surface area (Å²) in [5.74, 6) is -1.21. The van der Waals surface area contributed by atoms with Gasteiger partial charge in [0.2, 0.25) is 0 Å². The summed E-state index contributed by atoms with van der Waals surface area (Å²) in [4.78, 5) is 16.6. The van der Waals surface area contributed by atoms with Crippen LogP contribution in [0.5, 0.6) is 0 Å². The number of rotatable bonds is 3. The second kappa shape index (κ2) is 7.84. The summed E-state index contributed by atoms with van der Waals surface area (Å²) in [6.45, 7) is 0. The van der Waals surface area contributed by atoms with Crippen LogP contribution in [0.4, 0.5) is 9.52 Å². The van der Waals surface area contributed by atoms with Crippen LogP contribution in [0.1, 0.15) is 10.4 Å². The molecule has 1 amide bonds. The van der Waals surface area contributed by atoms with Crippen molar-refractivity contribution in [3.63, 3.8) is 0 Å². The molecule has 1 aromatic heterocycles. The lowest BCUT2D eigenvalue weighted by Crippen LogP contribution is -2.34. The Kier molecular flexibility index (Phi) is 5.10. The van der Waals surface area contributed by atoms with Crippen molar-refractivity contribution in [1.82, 2.24) is 10.3 Å². The quantitative estimate of drug-likeness (QED) is 0.457. The Hall–Kier alpha value is -3.16. The van der Waals surface area contributed by atoms with Crippen LogP contribution in [0.2, 0.25) is 0 Å². The normalized spacial score (nSPS) is 10.6. The zero-order valence-electron chi connectivity index (χ0n) is 14.5. The first kappa shape index (κ1) is 18.2. The maximum atomic E-state index is 13.7. The van der Waals surface area contributed by atoms with Gasteiger partial charge in [-0.25, -0.2) is 9.37 Å². The highest BCUT2D eigenvalue weighted by atomic mass is 32.1. The van der Waals surface area contributed by atoms with Gasteiger partial charge < -0.3 is 5.32 Å². The number of carbonyl (C=O) groups excluding carboxylic acids is 1. The zero-order chi connectivity index (χ0) is 19.5. The van der Waals surface area contributed by atoms with Crippen molar-refractivity contribution in [2.45, 2.75) is 0 Å². The highest BCUT2D eigenvalue weighted by molar-refractivity contribution is 7.80. The van der Waals surface area contributed by atoms with Crippen LogP contribution in [0.25, 0.3) is 22.0 Å². The largest absolute Gasteiger partial charge is 0.308 e. The summed E-state index contributed by atoms with van der Waals surface area (Å²) in [5.41, 5.74) is 1.73. The van der Waals surface area contributed by atoms with Gasteiger partial charge in [0.25, 0.3) is 5.91 Å². The van der Waals surface area contributed by atoms with Gasteiger partial charge in [0.05, 0.1) is 11.3 Å². The molecule has 0 aliphatic heterocycles. The maximum absolute atomic E-state index is 13.7. The van der Waals surface area contributed by atoms with E-state index in [0.717, 1.165) is 22.0 Å². The van der Waals surface area contributed by atoms with Crippen molar-refractivity contribution in [3.8, 4) is 11.3 Å². The average molecular weight is 407 g/mol. The van der Waals surface area contributed by atoms with E-state index in [1.807, 2.05) is 23.6 Å². The molecule has 0 radical (unpaired) electrons. The molecule has 138 valence electrons. The standard InChI is InChI=1S/C21H14FN3OS2/c22-17-8-4-3-7-16(17)19(26)24-20(27)25-21-23-18(12-28-21)15-10-9-13-5-1-2-6-14(13)11-15/h1-12H,(H2,23,24,25,26,27). The lowest BCUT2D eigenvalue weighted by molar-refractivity contribution is 0.0974. The molecule has 0 saturated heterocycles. The predicted octanol–water partition coefficient (Wildman–Crippen LogP) is 5.23. The molecule has 4 aromatic rings. The molecule has 0 atom stereocenters. The molecule has 0 aliphatic rings. The summed E-state index contributed by atoms with van der Waals surface area (Å²) >= 11 is 6.51. The van der Waals surface area contributed by atoms with Crippen LogP contribution < -0.4 is 10.6 Å². The summed E-state index contributed by atoms with van der Waals surface area (Å²) in [5, 5.41) is 10.2. The third kappa shape index (κ3) is 3.90. The van der Waals surface area contributed by atoms with Crippen LogP contribution >= 0.6 is 23.6 Å². The lowest BCUT2D eigenvalue weighted by atomic mass is 10.1. The van der Waals surface area contributed by atoms with Crippen molar-refractivity contribution >= 4 is 50.5 Å². The third-order valence-corrected chi connectivity index (χ3v) is 5.08. The van der Waals surface area contributed by atoms with E-state index < -0.39 is 11.7 Å². The molecule has 4 rings (SSSR count). The third-order valence-electron chi connectivity index (χ3n) is 4.12. The van der Waals surface area contributed by atoms with Gasteiger partial charge in [-0.15, -0.1) is 11.3 Å². The number of carbonyl (C=O) groups is 1. The number of hydrogen-bond donors (Lipinski definition) is 2. The van der Waals surface area contributed by atoms with E-state index in [4.69, 9.17) is 12.2 Å². The fourth-order valence-electron chi connectivity index (χ4n) is 2.76. The van der Waals surface area contributed by atoms with E-state index >= 15 is 0 Å². The van der Waals surface area contributed by atoms with E-state index in [9.17, 15) is 9.18 Å². The van der Waals surface area contributed by atoms with E-state index in [0.29, 0.717) is 5.13 Å². The zero-order valence-corrected chi connectivity index (χ0v) is 16.1. The van der Waals surface area contributed by atoms with Gasteiger partial charge in [-0.05, 0) is 41.2 Å². The number of halogens is 1. The van der Waals surface area contributed by atoms with Gasteiger partial charge in [0, 0.05) is 10.9 Å². The Bertz CT molecular complexity index is 1190. The van der Waals surface area contributed by atoms with Gasteiger partial charge in [-0.1, -0.05) is 48.5 Å². The number of thiocarbonyl (C=S) groups is 1. The number of benzene rings is 3. The molecule has 0 spiro atoms. The molecule has 1 heterocycles. The van der Waals surface area contributed by atoms with E-state index in [-0.39, 0.29) is 10.7 Å². The SMILES string of the molecule is O=C(NC(=S)Nc1nc(-c2ccc3ccccc3c2)cs1)c1ccccc1F. The number of aromatic nitrogens is 1. The molecule has 2 N–H and O–H groups in total. The van der Waals surface area contributed by atoms with Crippen LogP contribution in [0.3, 0.4) is 0 Å². The molecule has 0 bridgehead atoms. The van der Waals surface area contributed by atoms with Crippen molar-refractivity contribution in [2.75, 3.05) is 5.32 Å². The van der Waals surface area contributed by atoms with Crippen LogP contribution in [0.15, 0.2) is 72.1 Å². The van der Waals surface area contributed by atoms with Crippen molar-refractivity contribution in [3.05, 3.63) is 83.5 Å². The first-order valence-electron chi connectivity index (χ1n) is 8.42. The predicted molar refractivity (Wildman–Crippen MR) is 115 cm³/mol. The van der Waals surface area contributed by atoms with Crippen LogP contribution in [-0.2, 0) is 0 Å². The van der Waals surface area contributed by atoms with E-state index in [2.05, 4.69) is 39.9 Å². The van der Waals surface area contributed by atoms with Gasteiger partial charge in [-0.3, -0.25) is 10.1 Å². The fraction of sp³-hybridized carbons (Fsp3) is 0. The number of anilines is 1. The molecular weight excluding hydrogens is 393 g/mol.